The van der Waals surface area contributed by atoms with Gasteiger partial charge in [-0.25, -0.2) is 4.79 Å². The van der Waals surface area contributed by atoms with E-state index in [1.54, 1.807) is 0 Å². The van der Waals surface area contributed by atoms with Crippen LogP contribution in [0.15, 0.2) is 101 Å². The average molecular weight is 403 g/mol. The van der Waals surface area contributed by atoms with Gasteiger partial charge in [-0.1, -0.05) is 103 Å². The molecule has 0 radical (unpaired) electrons. The predicted molar refractivity (Wildman–Crippen MR) is 116 cm³/mol. The monoisotopic (exact) mass is 402 g/mol. The van der Waals surface area contributed by atoms with E-state index < -0.39 is 5.69 Å². The first-order valence-corrected chi connectivity index (χ1v) is 9.69. The number of nitrogens with zero attached hydrogens (tertiary/aromatic N) is 2. The molecule has 1 aromatic heterocycles. The van der Waals surface area contributed by atoms with Crippen LogP contribution in [-0.4, -0.2) is 9.13 Å². The molecule has 0 aliphatic rings. The van der Waals surface area contributed by atoms with Crippen LogP contribution in [0.2, 0.25) is 5.15 Å². The van der Waals surface area contributed by atoms with Gasteiger partial charge in [0.05, 0.1) is 18.7 Å². The normalized spacial score (nSPS) is 10.8. The molecular weight excluding hydrogens is 384 g/mol. The molecule has 3 aromatic carbocycles. The Hall–Kier alpha value is -3.37. The molecule has 4 aromatic rings. The minimum absolute atomic E-state index is 0.152. The Morgan fingerprint density at radius 3 is 1.59 bits per heavy atom. The number of hydrogen-bond acceptors (Lipinski definition) is 2. The molecule has 144 valence electrons. The molecule has 0 unspecified atom stereocenters. The van der Waals surface area contributed by atoms with Crippen molar-refractivity contribution in [3.8, 4) is 11.1 Å². The van der Waals surface area contributed by atoms with Crippen molar-refractivity contribution >= 4 is 11.6 Å². The molecule has 0 spiro atoms. The van der Waals surface area contributed by atoms with E-state index >= 15 is 0 Å². The summed E-state index contributed by atoms with van der Waals surface area (Å²) in [7, 11) is 0. The zero-order valence-corrected chi connectivity index (χ0v) is 16.4. The zero-order chi connectivity index (χ0) is 20.2. The summed E-state index contributed by atoms with van der Waals surface area (Å²) < 4.78 is 2.72. The summed E-state index contributed by atoms with van der Waals surface area (Å²) in [4.78, 5) is 26.5. The second-order valence-electron chi connectivity index (χ2n) is 6.76. The molecule has 0 bridgehead atoms. The van der Waals surface area contributed by atoms with Gasteiger partial charge >= 0.3 is 5.69 Å². The van der Waals surface area contributed by atoms with E-state index in [1.807, 2.05) is 91.0 Å². The molecular formula is C24H19ClN2O2. The van der Waals surface area contributed by atoms with Crippen LogP contribution >= 0.6 is 11.6 Å². The Morgan fingerprint density at radius 1 is 0.621 bits per heavy atom. The first-order valence-electron chi connectivity index (χ1n) is 9.31. The van der Waals surface area contributed by atoms with Crippen molar-refractivity contribution in [1.82, 2.24) is 9.13 Å². The average Bonchev–Trinajstić information content (AvgIpc) is 2.77. The minimum Gasteiger partial charge on any atom is -0.279 e. The molecule has 5 heteroatoms. The van der Waals surface area contributed by atoms with E-state index in [4.69, 9.17) is 11.6 Å². The van der Waals surface area contributed by atoms with Crippen LogP contribution in [0, 0.1) is 0 Å². The molecule has 0 fully saturated rings. The van der Waals surface area contributed by atoms with Gasteiger partial charge in [-0.05, 0) is 16.7 Å². The van der Waals surface area contributed by atoms with Gasteiger partial charge in [0.1, 0.15) is 5.15 Å². The molecule has 0 aliphatic heterocycles. The Kier molecular flexibility index (Phi) is 5.45. The summed E-state index contributed by atoms with van der Waals surface area (Å²) >= 11 is 6.63. The summed E-state index contributed by atoms with van der Waals surface area (Å²) in [5, 5.41) is 0.152. The first kappa shape index (κ1) is 19.0. The van der Waals surface area contributed by atoms with Crippen LogP contribution in [0.3, 0.4) is 0 Å². The maximum atomic E-state index is 13.3. The van der Waals surface area contributed by atoms with Crippen LogP contribution in [-0.2, 0) is 13.1 Å². The summed E-state index contributed by atoms with van der Waals surface area (Å²) in [6, 6.07) is 28.3. The van der Waals surface area contributed by atoms with E-state index in [9.17, 15) is 9.59 Å². The smallest absolute Gasteiger partial charge is 0.279 e. The second-order valence-corrected chi connectivity index (χ2v) is 7.12. The first-order chi connectivity index (χ1) is 14.1. The van der Waals surface area contributed by atoms with Crippen molar-refractivity contribution in [2.24, 2.45) is 0 Å². The van der Waals surface area contributed by atoms with Crippen LogP contribution in [0.1, 0.15) is 11.1 Å². The van der Waals surface area contributed by atoms with Crippen molar-refractivity contribution in [2.45, 2.75) is 13.1 Å². The summed E-state index contributed by atoms with van der Waals surface area (Å²) in [5.41, 5.74) is 2.01. The van der Waals surface area contributed by atoms with Crippen LogP contribution < -0.4 is 11.2 Å². The summed E-state index contributed by atoms with van der Waals surface area (Å²) in [5.74, 6) is 0. The maximum Gasteiger partial charge on any atom is 0.332 e. The standard InChI is InChI=1S/C24H19ClN2O2/c25-22-21(20-14-8-3-9-15-20)23(28)27(17-19-12-6-2-7-13-19)24(29)26(22)16-18-10-4-1-5-11-18/h1-15H,16-17H2. The van der Waals surface area contributed by atoms with Gasteiger partial charge in [0.15, 0.2) is 0 Å². The Bertz CT molecular complexity index is 1230. The highest BCUT2D eigenvalue weighted by atomic mass is 35.5. The number of benzene rings is 3. The lowest BCUT2D eigenvalue weighted by molar-refractivity contribution is 0.615. The van der Waals surface area contributed by atoms with Crippen molar-refractivity contribution in [2.75, 3.05) is 0 Å². The van der Waals surface area contributed by atoms with Crippen molar-refractivity contribution in [1.29, 1.82) is 0 Å². The Labute approximate surface area is 173 Å². The fourth-order valence-corrected chi connectivity index (χ4v) is 3.65. The molecule has 0 amide bonds. The third-order valence-corrected chi connectivity index (χ3v) is 5.19. The van der Waals surface area contributed by atoms with E-state index in [-0.39, 0.29) is 23.8 Å². The second kappa shape index (κ2) is 8.33. The fourth-order valence-electron chi connectivity index (χ4n) is 3.33. The number of hydrogen-bond donors (Lipinski definition) is 0. The van der Waals surface area contributed by atoms with E-state index in [0.717, 1.165) is 11.1 Å². The van der Waals surface area contributed by atoms with E-state index in [2.05, 4.69) is 0 Å². The molecule has 4 rings (SSSR count). The molecule has 0 N–H and O–H groups in total. The molecule has 0 atom stereocenters. The summed E-state index contributed by atoms with van der Waals surface area (Å²) in [6.07, 6.45) is 0. The van der Waals surface area contributed by atoms with Gasteiger partial charge in [-0.3, -0.25) is 13.9 Å². The largest absolute Gasteiger partial charge is 0.332 e. The SMILES string of the molecule is O=c1c(-c2ccccc2)c(Cl)n(Cc2ccccc2)c(=O)n1Cc1ccccc1. The van der Waals surface area contributed by atoms with Gasteiger partial charge in [-0.15, -0.1) is 0 Å². The molecule has 0 aliphatic carbocycles. The highest BCUT2D eigenvalue weighted by Crippen LogP contribution is 2.24. The van der Waals surface area contributed by atoms with Crippen molar-refractivity contribution < 1.29 is 0 Å². The van der Waals surface area contributed by atoms with Crippen LogP contribution in [0.5, 0.6) is 0 Å². The molecule has 4 nitrogen and oxygen atoms in total. The van der Waals surface area contributed by atoms with E-state index in [0.29, 0.717) is 11.1 Å². The number of rotatable bonds is 5. The van der Waals surface area contributed by atoms with Crippen molar-refractivity contribution in [3.05, 3.63) is 128 Å². The third kappa shape index (κ3) is 3.93. The molecule has 29 heavy (non-hydrogen) atoms. The minimum atomic E-state index is -0.424. The zero-order valence-electron chi connectivity index (χ0n) is 15.7. The van der Waals surface area contributed by atoms with Crippen molar-refractivity contribution in [3.63, 3.8) is 0 Å². The lowest BCUT2D eigenvalue weighted by Gasteiger charge is -2.16. The molecule has 1 heterocycles. The van der Waals surface area contributed by atoms with Gasteiger partial charge < -0.3 is 0 Å². The van der Waals surface area contributed by atoms with Gasteiger partial charge in [0.25, 0.3) is 5.56 Å². The number of halogens is 1. The lowest BCUT2D eigenvalue weighted by atomic mass is 10.1. The maximum absolute atomic E-state index is 13.3. The predicted octanol–water partition coefficient (Wildman–Crippen LogP) is 4.43. The highest BCUT2D eigenvalue weighted by Gasteiger charge is 2.19. The van der Waals surface area contributed by atoms with Gasteiger partial charge in [-0.2, -0.15) is 0 Å². The fraction of sp³-hybridized carbons (Fsp3) is 0.0833. The molecule has 0 saturated carbocycles. The molecule has 0 saturated heterocycles. The van der Waals surface area contributed by atoms with Crippen LogP contribution in [0.25, 0.3) is 11.1 Å². The Morgan fingerprint density at radius 2 is 1.07 bits per heavy atom. The topological polar surface area (TPSA) is 44.0 Å². The highest BCUT2D eigenvalue weighted by molar-refractivity contribution is 6.32. The Balaban J connectivity index is 1.94. The van der Waals surface area contributed by atoms with Gasteiger partial charge in [0.2, 0.25) is 0 Å². The van der Waals surface area contributed by atoms with Gasteiger partial charge in [0, 0.05) is 0 Å². The van der Waals surface area contributed by atoms with E-state index in [1.165, 1.54) is 9.13 Å². The quantitative estimate of drug-likeness (QED) is 0.463. The summed E-state index contributed by atoms with van der Waals surface area (Å²) in [6.45, 7) is 0.470. The number of aromatic nitrogens is 2. The van der Waals surface area contributed by atoms with Crippen LogP contribution in [0.4, 0.5) is 0 Å². The third-order valence-electron chi connectivity index (χ3n) is 4.79. The lowest BCUT2D eigenvalue weighted by Crippen LogP contribution is -2.41.